The van der Waals surface area contributed by atoms with Crippen molar-refractivity contribution in [3.63, 3.8) is 0 Å². The monoisotopic (exact) mass is 425 g/mol. The molecule has 1 fully saturated rings. The molecule has 0 atom stereocenters. The normalized spacial score (nSPS) is 14.3. The number of rotatable bonds is 7. The molecule has 30 heavy (non-hydrogen) atoms. The lowest BCUT2D eigenvalue weighted by atomic mass is 10.1. The van der Waals surface area contributed by atoms with Crippen LogP contribution in [0.4, 0.5) is 0 Å². The highest BCUT2D eigenvalue weighted by atomic mass is 32.2. The highest BCUT2D eigenvalue weighted by Crippen LogP contribution is 2.25. The van der Waals surface area contributed by atoms with Crippen LogP contribution in [0, 0.1) is 13.8 Å². The van der Waals surface area contributed by atoms with Crippen LogP contribution in [0.1, 0.15) is 11.1 Å². The SMILES string of the molecule is Cc1cccc(OCCSc2nc3ccccc3n2CC(=O)N2CCOCC2)c1C. The number of aryl methyl sites for hydroxylation is 1. The van der Waals surface area contributed by atoms with Crippen LogP contribution in [-0.2, 0) is 16.1 Å². The van der Waals surface area contributed by atoms with E-state index in [1.165, 1.54) is 11.1 Å². The number of hydrogen-bond donors (Lipinski definition) is 0. The fourth-order valence-corrected chi connectivity index (χ4v) is 4.36. The zero-order chi connectivity index (χ0) is 20.9. The molecule has 0 unspecified atom stereocenters. The molecule has 2 heterocycles. The molecular formula is C23H27N3O3S. The number of ether oxygens (including phenoxy) is 2. The van der Waals surface area contributed by atoms with Gasteiger partial charge in [0.05, 0.1) is 30.9 Å². The minimum Gasteiger partial charge on any atom is -0.492 e. The van der Waals surface area contributed by atoms with Crippen molar-refractivity contribution in [1.82, 2.24) is 14.5 Å². The zero-order valence-electron chi connectivity index (χ0n) is 17.5. The number of morpholine rings is 1. The van der Waals surface area contributed by atoms with Gasteiger partial charge in [0.2, 0.25) is 5.91 Å². The highest BCUT2D eigenvalue weighted by Gasteiger charge is 2.20. The molecule has 0 spiro atoms. The van der Waals surface area contributed by atoms with Gasteiger partial charge < -0.3 is 18.9 Å². The Morgan fingerprint density at radius 3 is 2.77 bits per heavy atom. The van der Waals surface area contributed by atoms with Gasteiger partial charge in [0.25, 0.3) is 0 Å². The van der Waals surface area contributed by atoms with Crippen LogP contribution in [0.2, 0.25) is 0 Å². The van der Waals surface area contributed by atoms with Gasteiger partial charge in [-0.2, -0.15) is 0 Å². The van der Waals surface area contributed by atoms with Crippen LogP contribution in [0.15, 0.2) is 47.6 Å². The van der Waals surface area contributed by atoms with E-state index in [0.29, 0.717) is 39.5 Å². The Morgan fingerprint density at radius 2 is 1.93 bits per heavy atom. The lowest BCUT2D eigenvalue weighted by Gasteiger charge is -2.27. The summed E-state index contributed by atoms with van der Waals surface area (Å²) in [6.45, 7) is 7.55. The quantitative estimate of drug-likeness (QED) is 0.427. The molecule has 1 saturated heterocycles. The van der Waals surface area contributed by atoms with E-state index in [4.69, 9.17) is 14.5 Å². The number of carbonyl (C=O) groups excluding carboxylic acids is 1. The zero-order valence-corrected chi connectivity index (χ0v) is 18.3. The lowest BCUT2D eigenvalue weighted by molar-refractivity contribution is -0.135. The number of carbonyl (C=O) groups is 1. The maximum atomic E-state index is 12.8. The van der Waals surface area contributed by atoms with Gasteiger partial charge in [-0.3, -0.25) is 4.79 Å². The molecule has 158 valence electrons. The Balaban J connectivity index is 1.44. The third kappa shape index (κ3) is 4.63. The minimum atomic E-state index is 0.106. The molecule has 2 aromatic carbocycles. The number of benzene rings is 2. The van der Waals surface area contributed by atoms with Crippen LogP contribution in [0.3, 0.4) is 0 Å². The third-order valence-electron chi connectivity index (χ3n) is 5.40. The van der Waals surface area contributed by atoms with Crippen molar-refractivity contribution >= 4 is 28.7 Å². The van der Waals surface area contributed by atoms with E-state index in [-0.39, 0.29) is 5.91 Å². The Hall–Kier alpha value is -2.51. The molecule has 1 aliphatic rings. The summed E-state index contributed by atoms with van der Waals surface area (Å²) in [5.41, 5.74) is 4.29. The van der Waals surface area contributed by atoms with E-state index in [1.807, 2.05) is 45.9 Å². The number of thioether (sulfide) groups is 1. The smallest absolute Gasteiger partial charge is 0.242 e. The second-order valence-electron chi connectivity index (χ2n) is 7.36. The van der Waals surface area contributed by atoms with E-state index >= 15 is 0 Å². The summed E-state index contributed by atoms with van der Waals surface area (Å²) in [4.78, 5) is 19.5. The number of para-hydroxylation sites is 2. The summed E-state index contributed by atoms with van der Waals surface area (Å²) in [6.07, 6.45) is 0. The molecule has 0 saturated carbocycles. The van der Waals surface area contributed by atoms with Gasteiger partial charge in [-0.15, -0.1) is 0 Å². The van der Waals surface area contributed by atoms with E-state index in [0.717, 1.165) is 27.7 Å². The van der Waals surface area contributed by atoms with Gasteiger partial charge >= 0.3 is 0 Å². The Bertz CT molecular complexity index is 1030. The van der Waals surface area contributed by atoms with Crippen molar-refractivity contribution in [3.8, 4) is 5.75 Å². The van der Waals surface area contributed by atoms with Crippen molar-refractivity contribution in [1.29, 1.82) is 0 Å². The first kappa shape index (κ1) is 20.8. The van der Waals surface area contributed by atoms with E-state index < -0.39 is 0 Å². The van der Waals surface area contributed by atoms with Gasteiger partial charge in [-0.1, -0.05) is 36.0 Å². The molecule has 6 nitrogen and oxygen atoms in total. The maximum absolute atomic E-state index is 12.8. The second kappa shape index (κ2) is 9.53. The summed E-state index contributed by atoms with van der Waals surface area (Å²) in [5, 5.41) is 0.849. The molecule has 0 bridgehead atoms. The first-order chi connectivity index (χ1) is 14.6. The first-order valence-electron chi connectivity index (χ1n) is 10.3. The summed E-state index contributed by atoms with van der Waals surface area (Å²) in [7, 11) is 0. The van der Waals surface area contributed by atoms with Gasteiger partial charge in [-0.05, 0) is 43.2 Å². The average molecular weight is 426 g/mol. The summed E-state index contributed by atoms with van der Waals surface area (Å²) in [5.74, 6) is 1.78. The fourth-order valence-electron chi connectivity index (χ4n) is 3.53. The standard InChI is InChI=1S/C23H27N3O3S/c1-17-6-5-9-21(18(17)2)29-14-15-30-23-24-19-7-3-4-8-20(19)26(23)16-22(27)25-10-12-28-13-11-25/h3-9H,10-16H2,1-2H3. The largest absolute Gasteiger partial charge is 0.492 e. The minimum absolute atomic E-state index is 0.106. The molecule has 3 aromatic rings. The molecular weight excluding hydrogens is 398 g/mol. The average Bonchev–Trinajstić information content (AvgIpc) is 3.12. The second-order valence-corrected chi connectivity index (χ2v) is 8.42. The number of aromatic nitrogens is 2. The first-order valence-corrected chi connectivity index (χ1v) is 11.2. The Morgan fingerprint density at radius 1 is 1.13 bits per heavy atom. The van der Waals surface area contributed by atoms with Crippen molar-refractivity contribution < 1.29 is 14.3 Å². The summed E-state index contributed by atoms with van der Waals surface area (Å²) in [6, 6.07) is 14.1. The lowest BCUT2D eigenvalue weighted by Crippen LogP contribution is -2.42. The molecule has 1 aliphatic heterocycles. The van der Waals surface area contributed by atoms with Gasteiger partial charge in [0.15, 0.2) is 5.16 Å². The predicted octanol–water partition coefficient (Wildman–Crippen LogP) is 3.68. The molecule has 4 rings (SSSR count). The van der Waals surface area contributed by atoms with Gasteiger partial charge in [-0.25, -0.2) is 4.98 Å². The van der Waals surface area contributed by atoms with Crippen molar-refractivity contribution in [2.24, 2.45) is 0 Å². The van der Waals surface area contributed by atoms with Crippen LogP contribution in [-0.4, -0.2) is 59.0 Å². The third-order valence-corrected chi connectivity index (χ3v) is 6.34. The van der Waals surface area contributed by atoms with Crippen LogP contribution < -0.4 is 4.74 Å². The molecule has 0 aliphatic carbocycles. The number of imidazole rings is 1. The van der Waals surface area contributed by atoms with Crippen molar-refractivity contribution in [3.05, 3.63) is 53.6 Å². The number of nitrogens with zero attached hydrogens (tertiary/aromatic N) is 3. The molecule has 7 heteroatoms. The Labute approximate surface area is 181 Å². The predicted molar refractivity (Wildman–Crippen MR) is 119 cm³/mol. The number of fused-ring (bicyclic) bond motifs is 1. The molecule has 1 aromatic heterocycles. The molecule has 1 amide bonds. The van der Waals surface area contributed by atoms with Gasteiger partial charge in [0, 0.05) is 18.8 Å². The van der Waals surface area contributed by atoms with E-state index in [1.54, 1.807) is 11.8 Å². The summed E-state index contributed by atoms with van der Waals surface area (Å²) >= 11 is 1.62. The van der Waals surface area contributed by atoms with Crippen molar-refractivity contribution in [2.75, 3.05) is 38.7 Å². The topological polar surface area (TPSA) is 56.6 Å². The van der Waals surface area contributed by atoms with E-state index in [2.05, 4.69) is 19.9 Å². The van der Waals surface area contributed by atoms with Crippen molar-refractivity contribution in [2.45, 2.75) is 25.5 Å². The van der Waals surface area contributed by atoms with E-state index in [9.17, 15) is 4.79 Å². The van der Waals surface area contributed by atoms with Crippen LogP contribution in [0.5, 0.6) is 5.75 Å². The molecule has 0 radical (unpaired) electrons. The maximum Gasteiger partial charge on any atom is 0.242 e. The fraction of sp³-hybridized carbons (Fsp3) is 0.391. The highest BCUT2D eigenvalue weighted by molar-refractivity contribution is 7.99. The van der Waals surface area contributed by atoms with Crippen LogP contribution >= 0.6 is 11.8 Å². The summed E-state index contributed by atoms with van der Waals surface area (Å²) < 4.78 is 13.4. The van der Waals surface area contributed by atoms with Crippen LogP contribution in [0.25, 0.3) is 11.0 Å². The van der Waals surface area contributed by atoms with Gasteiger partial charge in [0.1, 0.15) is 12.3 Å². The number of amides is 1. The Kier molecular flexibility index (Phi) is 6.59. The number of hydrogen-bond acceptors (Lipinski definition) is 5. The molecule has 0 N–H and O–H groups in total.